The van der Waals surface area contributed by atoms with Gasteiger partial charge in [-0.05, 0) is 29.7 Å². The maximum atomic E-state index is 8.36. The number of anilines is 1. The number of nitrogens with one attached hydrogen (secondary N) is 1. The lowest BCUT2D eigenvalue weighted by molar-refractivity contribution is 0.00157. The van der Waals surface area contributed by atoms with Gasteiger partial charge in [-0.25, -0.2) is 0 Å². The van der Waals surface area contributed by atoms with E-state index in [-0.39, 0.29) is 0 Å². The summed E-state index contributed by atoms with van der Waals surface area (Å²) in [5.74, 6) is 0. The quantitative estimate of drug-likeness (QED) is 0.478. The van der Waals surface area contributed by atoms with E-state index in [1.54, 1.807) is 0 Å². The zero-order valence-electron chi connectivity index (χ0n) is 10.8. The molecule has 0 heterocycles. The molecule has 0 unspecified atom stereocenters. The second-order valence-corrected chi connectivity index (χ2v) is 4.36. The Morgan fingerprint density at radius 2 is 1.68 bits per heavy atom. The van der Waals surface area contributed by atoms with Gasteiger partial charge in [0.1, 0.15) is 0 Å². The van der Waals surface area contributed by atoms with E-state index in [9.17, 15) is 0 Å². The fraction of sp³-hybridized carbons (Fsp3) is 0.188. The van der Waals surface area contributed by atoms with Crippen molar-refractivity contribution in [2.24, 2.45) is 0 Å². The first-order valence-corrected chi connectivity index (χ1v) is 6.41. The number of nitrogens with zero attached hydrogens (tertiary/aromatic N) is 2. The van der Waals surface area contributed by atoms with Crippen LogP contribution in [0.25, 0.3) is 5.53 Å². The van der Waals surface area contributed by atoms with Crippen LogP contribution in [0, 0.1) is 0 Å². The van der Waals surface area contributed by atoms with Gasteiger partial charge in [-0.15, -0.1) is 0 Å². The molecular formula is C16H17N3. The van der Waals surface area contributed by atoms with Crippen molar-refractivity contribution in [2.45, 2.75) is 12.8 Å². The molecule has 0 atom stereocenters. The highest BCUT2D eigenvalue weighted by atomic mass is 14.9. The third-order valence-corrected chi connectivity index (χ3v) is 2.95. The normalized spacial score (nSPS) is 9.68. The maximum Gasteiger partial charge on any atom is 0.261 e. The van der Waals surface area contributed by atoms with E-state index in [2.05, 4.69) is 34.4 Å². The molecule has 0 aliphatic rings. The maximum absolute atomic E-state index is 8.36. The molecule has 0 bridgehead atoms. The van der Waals surface area contributed by atoms with Crippen molar-refractivity contribution in [3.05, 3.63) is 71.3 Å². The van der Waals surface area contributed by atoms with E-state index in [4.69, 9.17) is 5.53 Å². The zero-order chi connectivity index (χ0) is 13.3. The van der Waals surface area contributed by atoms with Crippen LogP contribution in [0.5, 0.6) is 0 Å². The van der Waals surface area contributed by atoms with Crippen molar-refractivity contribution in [1.82, 2.24) is 0 Å². The first-order valence-electron chi connectivity index (χ1n) is 6.41. The molecule has 1 N–H and O–H groups in total. The standard InChI is InChI=1S/C16H17N3/c17-19-13-11-15-6-8-16(9-7-15)18-12-10-14-4-2-1-3-5-14/h1-9,13,18H,10-12H2. The Hall–Kier alpha value is -2.38. The highest BCUT2D eigenvalue weighted by Gasteiger charge is 1.96. The molecule has 3 nitrogen and oxygen atoms in total. The highest BCUT2D eigenvalue weighted by Crippen LogP contribution is 2.10. The fourth-order valence-electron chi connectivity index (χ4n) is 1.90. The second-order valence-electron chi connectivity index (χ2n) is 4.36. The molecule has 0 aliphatic heterocycles. The van der Waals surface area contributed by atoms with Crippen LogP contribution in [-0.2, 0) is 12.8 Å². The molecule has 2 rings (SSSR count). The summed E-state index contributed by atoms with van der Waals surface area (Å²) >= 11 is 0. The monoisotopic (exact) mass is 251 g/mol. The van der Waals surface area contributed by atoms with Crippen LogP contribution in [0.1, 0.15) is 11.1 Å². The Morgan fingerprint density at radius 3 is 2.37 bits per heavy atom. The number of hydrogen-bond acceptors (Lipinski definition) is 1. The number of hydrogen-bond donors (Lipinski definition) is 1. The fourth-order valence-corrected chi connectivity index (χ4v) is 1.90. The Morgan fingerprint density at radius 1 is 0.947 bits per heavy atom. The highest BCUT2D eigenvalue weighted by molar-refractivity contribution is 5.56. The van der Waals surface area contributed by atoms with Gasteiger partial charge >= 0.3 is 0 Å². The molecular weight excluding hydrogens is 234 g/mol. The van der Waals surface area contributed by atoms with Gasteiger partial charge in [-0.2, -0.15) is 4.79 Å². The lowest BCUT2D eigenvalue weighted by Crippen LogP contribution is -2.04. The topological polar surface area (TPSA) is 48.4 Å². The van der Waals surface area contributed by atoms with Gasteiger partial charge < -0.3 is 10.8 Å². The van der Waals surface area contributed by atoms with Crippen LogP contribution in [0.3, 0.4) is 0 Å². The van der Waals surface area contributed by atoms with Crippen molar-refractivity contribution in [3.8, 4) is 0 Å². The van der Waals surface area contributed by atoms with Crippen molar-refractivity contribution >= 4 is 11.9 Å². The molecule has 0 aromatic heterocycles. The van der Waals surface area contributed by atoms with E-state index in [1.165, 1.54) is 11.8 Å². The van der Waals surface area contributed by atoms with E-state index in [0.717, 1.165) is 24.2 Å². The van der Waals surface area contributed by atoms with Crippen LogP contribution in [0.15, 0.2) is 54.6 Å². The Bertz CT molecular complexity index is 540. The minimum Gasteiger partial charge on any atom is -0.385 e. The molecule has 2 aromatic carbocycles. The third-order valence-electron chi connectivity index (χ3n) is 2.95. The predicted octanol–water partition coefficient (Wildman–Crippen LogP) is 3.18. The van der Waals surface area contributed by atoms with Crippen LogP contribution >= 0.6 is 0 Å². The lowest BCUT2D eigenvalue weighted by Gasteiger charge is -2.06. The van der Waals surface area contributed by atoms with Crippen LogP contribution in [0.4, 0.5) is 5.69 Å². The number of benzene rings is 2. The molecule has 0 saturated heterocycles. The van der Waals surface area contributed by atoms with Crippen LogP contribution in [0.2, 0.25) is 0 Å². The zero-order valence-corrected chi connectivity index (χ0v) is 10.8. The molecule has 0 fully saturated rings. The Labute approximate surface area is 113 Å². The minimum absolute atomic E-state index is 0.654. The van der Waals surface area contributed by atoms with E-state index in [1.807, 2.05) is 30.3 Å². The molecule has 0 aliphatic carbocycles. The van der Waals surface area contributed by atoms with Crippen LogP contribution < -0.4 is 5.32 Å². The van der Waals surface area contributed by atoms with Gasteiger partial charge in [-0.1, -0.05) is 42.5 Å². The predicted molar refractivity (Wildman–Crippen MR) is 78.5 cm³/mol. The van der Waals surface area contributed by atoms with Gasteiger partial charge in [0.25, 0.3) is 6.21 Å². The summed E-state index contributed by atoms with van der Waals surface area (Å²) in [6.07, 6.45) is 3.15. The first kappa shape index (κ1) is 13.1. The van der Waals surface area contributed by atoms with E-state index < -0.39 is 0 Å². The molecule has 19 heavy (non-hydrogen) atoms. The largest absolute Gasteiger partial charge is 0.385 e. The average molecular weight is 251 g/mol. The van der Waals surface area contributed by atoms with E-state index in [0.29, 0.717) is 6.42 Å². The Balaban J connectivity index is 1.81. The summed E-state index contributed by atoms with van der Waals surface area (Å²) < 4.78 is 0. The summed E-state index contributed by atoms with van der Waals surface area (Å²) in [4.78, 5) is 3.00. The van der Waals surface area contributed by atoms with Crippen molar-refractivity contribution < 1.29 is 4.79 Å². The third kappa shape index (κ3) is 4.41. The molecule has 2 aromatic rings. The molecule has 0 spiro atoms. The molecule has 3 heteroatoms. The van der Waals surface area contributed by atoms with Crippen molar-refractivity contribution in [2.75, 3.05) is 11.9 Å². The molecule has 0 amide bonds. The van der Waals surface area contributed by atoms with E-state index >= 15 is 0 Å². The van der Waals surface area contributed by atoms with Gasteiger partial charge in [0.05, 0.1) is 6.42 Å². The van der Waals surface area contributed by atoms with Crippen molar-refractivity contribution in [1.29, 1.82) is 0 Å². The summed E-state index contributed by atoms with van der Waals surface area (Å²) in [7, 11) is 0. The lowest BCUT2D eigenvalue weighted by atomic mass is 10.1. The molecule has 96 valence electrons. The Kier molecular flexibility index (Phi) is 4.91. The van der Waals surface area contributed by atoms with Gasteiger partial charge in [0.2, 0.25) is 0 Å². The van der Waals surface area contributed by atoms with Gasteiger partial charge in [0.15, 0.2) is 0 Å². The van der Waals surface area contributed by atoms with Gasteiger partial charge in [0, 0.05) is 12.2 Å². The summed E-state index contributed by atoms with van der Waals surface area (Å²) in [5, 5.41) is 3.39. The molecule has 0 saturated carbocycles. The van der Waals surface area contributed by atoms with Gasteiger partial charge in [-0.3, -0.25) is 0 Å². The summed E-state index contributed by atoms with van der Waals surface area (Å²) in [6, 6.07) is 18.6. The minimum atomic E-state index is 0.654. The summed E-state index contributed by atoms with van der Waals surface area (Å²) in [5.41, 5.74) is 11.9. The SMILES string of the molecule is [N-]=[N+]=CCc1ccc(NCCc2ccccc2)cc1. The second kappa shape index (κ2) is 7.14. The molecule has 0 radical (unpaired) electrons. The summed E-state index contributed by atoms with van der Waals surface area (Å²) in [6.45, 7) is 0.918. The average Bonchev–Trinajstić information content (AvgIpc) is 2.47. The smallest absolute Gasteiger partial charge is 0.261 e. The van der Waals surface area contributed by atoms with Crippen molar-refractivity contribution in [3.63, 3.8) is 0 Å². The van der Waals surface area contributed by atoms with Crippen LogP contribution in [-0.4, -0.2) is 17.5 Å². The first-order chi connectivity index (χ1) is 9.38. The number of rotatable bonds is 6.